The zero-order chi connectivity index (χ0) is 12.7. The number of unbranched alkanes of at least 4 members (excludes halogenated alkanes) is 2. The molecule has 0 spiro atoms. The van der Waals surface area contributed by atoms with Gasteiger partial charge in [-0.2, -0.15) is 5.26 Å². The molecule has 0 aliphatic rings. The molecule has 1 aromatic carbocycles. The highest BCUT2D eigenvalue weighted by Gasteiger charge is 2.13. The molecule has 1 rings (SSSR count). The first-order chi connectivity index (χ1) is 8.04. The third kappa shape index (κ3) is 4.91. The van der Waals surface area contributed by atoms with E-state index in [-0.39, 0.29) is 5.41 Å². The molecule has 0 aromatic heterocycles. The third-order valence-electron chi connectivity index (χ3n) is 2.65. The molecule has 2 heteroatoms. The highest BCUT2D eigenvalue weighted by atomic mass is 16.5. The summed E-state index contributed by atoms with van der Waals surface area (Å²) in [7, 11) is 0. The van der Waals surface area contributed by atoms with E-state index in [0.717, 1.165) is 18.6 Å². The zero-order valence-electron chi connectivity index (χ0n) is 11.0. The molecule has 92 valence electrons. The molecule has 0 saturated heterocycles. The minimum atomic E-state index is 0.153. The lowest BCUT2D eigenvalue weighted by molar-refractivity contribution is 0.307. The predicted octanol–water partition coefficient (Wildman–Crippen LogP) is 4.06. The van der Waals surface area contributed by atoms with E-state index in [2.05, 4.69) is 39.0 Å². The topological polar surface area (TPSA) is 33.0 Å². The first-order valence-corrected chi connectivity index (χ1v) is 6.14. The molecular weight excluding hydrogens is 210 g/mol. The molecule has 0 aliphatic carbocycles. The van der Waals surface area contributed by atoms with E-state index in [1.54, 1.807) is 0 Å². The lowest BCUT2D eigenvalue weighted by atomic mass is 9.87. The van der Waals surface area contributed by atoms with Crippen LogP contribution in [0.2, 0.25) is 0 Å². The molecule has 0 N–H and O–H groups in total. The van der Waals surface area contributed by atoms with Gasteiger partial charge in [0.05, 0.1) is 12.7 Å². The maximum Gasteiger partial charge on any atom is 0.119 e. The van der Waals surface area contributed by atoms with Crippen molar-refractivity contribution in [3.63, 3.8) is 0 Å². The van der Waals surface area contributed by atoms with Crippen LogP contribution in [0, 0.1) is 11.3 Å². The summed E-state index contributed by atoms with van der Waals surface area (Å²) in [5, 5.41) is 8.42. The molecule has 1 aromatic rings. The van der Waals surface area contributed by atoms with Crippen molar-refractivity contribution in [2.24, 2.45) is 0 Å². The Hall–Kier alpha value is -1.49. The summed E-state index contributed by atoms with van der Waals surface area (Å²) in [6.45, 7) is 7.27. The summed E-state index contributed by atoms with van der Waals surface area (Å²) in [6.07, 6.45) is 2.47. The van der Waals surface area contributed by atoms with E-state index in [4.69, 9.17) is 10.00 Å². The number of nitriles is 1. The van der Waals surface area contributed by atoms with Crippen LogP contribution in [0.4, 0.5) is 0 Å². The van der Waals surface area contributed by atoms with Crippen molar-refractivity contribution < 1.29 is 4.74 Å². The van der Waals surface area contributed by atoms with Gasteiger partial charge in [0.15, 0.2) is 0 Å². The summed E-state index contributed by atoms with van der Waals surface area (Å²) in [5.41, 5.74) is 1.44. The number of hydrogen-bond acceptors (Lipinski definition) is 2. The molecule has 0 bridgehead atoms. The normalized spacial score (nSPS) is 10.9. The van der Waals surface area contributed by atoms with E-state index < -0.39 is 0 Å². The van der Waals surface area contributed by atoms with Gasteiger partial charge in [0.1, 0.15) is 5.75 Å². The van der Waals surface area contributed by atoms with Crippen molar-refractivity contribution in [2.45, 2.75) is 45.4 Å². The van der Waals surface area contributed by atoms with E-state index in [1.165, 1.54) is 5.56 Å². The fourth-order valence-electron chi connectivity index (χ4n) is 1.55. The standard InChI is InChI=1S/C15H21NO/c1-15(2,3)13-8-7-9-14(12-13)17-11-6-4-5-10-16/h7-9,12H,4-6,11H2,1-3H3. The molecule has 17 heavy (non-hydrogen) atoms. The third-order valence-corrected chi connectivity index (χ3v) is 2.65. The Kier molecular flexibility index (Phi) is 5.03. The lowest BCUT2D eigenvalue weighted by Crippen LogP contribution is -2.11. The fraction of sp³-hybridized carbons (Fsp3) is 0.533. The second kappa shape index (κ2) is 6.30. The highest BCUT2D eigenvalue weighted by molar-refractivity contribution is 5.32. The average Bonchev–Trinajstić information content (AvgIpc) is 2.28. The Morgan fingerprint density at radius 2 is 2.00 bits per heavy atom. The van der Waals surface area contributed by atoms with Crippen molar-refractivity contribution in [3.8, 4) is 11.8 Å². The van der Waals surface area contributed by atoms with Gasteiger partial charge in [0, 0.05) is 6.42 Å². The van der Waals surface area contributed by atoms with Gasteiger partial charge in [-0.1, -0.05) is 32.9 Å². The van der Waals surface area contributed by atoms with Crippen molar-refractivity contribution in [2.75, 3.05) is 6.61 Å². The van der Waals surface area contributed by atoms with Gasteiger partial charge in [-0.15, -0.1) is 0 Å². The number of hydrogen-bond donors (Lipinski definition) is 0. The Labute approximate surface area is 104 Å². The molecular formula is C15H21NO. The first kappa shape index (κ1) is 13.6. The van der Waals surface area contributed by atoms with Crippen LogP contribution in [0.25, 0.3) is 0 Å². The molecule has 0 heterocycles. The van der Waals surface area contributed by atoms with Gasteiger partial charge < -0.3 is 4.74 Å². The Morgan fingerprint density at radius 1 is 1.24 bits per heavy atom. The molecule has 0 fully saturated rings. The minimum Gasteiger partial charge on any atom is -0.494 e. The Morgan fingerprint density at radius 3 is 2.65 bits per heavy atom. The molecule has 0 saturated carbocycles. The molecule has 0 radical (unpaired) electrons. The number of rotatable bonds is 5. The average molecular weight is 231 g/mol. The molecule has 0 amide bonds. The van der Waals surface area contributed by atoms with Crippen LogP contribution in [0.15, 0.2) is 24.3 Å². The summed E-state index contributed by atoms with van der Waals surface area (Å²) >= 11 is 0. The smallest absolute Gasteiger partial charge is 0.119 e. The van der Waals surface area contributed by atoms with Crippen LogP contribution in [-0.4, -0.2) is 6.61 Å². The number of nitrogens with zero attached hydrogens (tertiary/aromatic N) is 1. The lowest BCUT2D eigenvalue weighted by Gasteiger charge is -2.19. The van der Waals surface area contributed by atoms with Crippen molar-refractivity contribution in [1.29, 1.82) is 5.26 Å². The monoisotopic (exact) mass is 231 g/mol. The number of ether oxygens (including phenoxy) is 1. The summed E-state index contributed by atoms with van der Waals surface area (Å²) in [5.74, 6) is 0.925. The van der Waals surface area contributed by atoms with Gasteiger partial charge >= 0.3 is 0 Å². The van der Waals surface area contributed by atoms with Gasteiger partial charge in [0.2, 0.25) is 0 Å². The Balaban J connectivity index is 2.47. The first-order valence-electron chi connectivity index (χ1n) is 6.14. The van der Waals surface area contributed by atoms with Crippen LogP contribution in [0.5, 0.6) is 5.75 Å². The van der Waals surface area contributed by atoms with Crippen LogP contribution < -0.4 is 4.74 Å². The zero-order valence-corrected chi connectivity index (χ0v) is 11.0. The van der Waals surface area contributed by atoms with Crippen molar-refractivity contribution >= 4 is 0 Å². The highest BCUT2D eigenvalue weighted by Crippen LogP contribution is 2.25. The van der Waals surface area contributed by atoms with Crippen LogP contribution in [0.1, 0.15) is 45.6 Å². The summed E-state index contributed by atoms with van der Waals surface area (Å²) in [6, 6.07) is 10.4. The minimum absolute atomic E-state index is 0.153. The largest absolute Gasteiger partial charge is 0.494 e. The maximum atomic E-state index is 8.42. The van der Waals surface area contributed by atoms with Gasteiger partial charge in [-0.05, 0) is 36.0 Å². The molecule has 2 nitrogen and oxygen atoms in total. The predicted molar refractivity (Wildman–Crippen MR) is 70.1 cm³/mol. The second-order valence-corrected chi connectivity index (χ2v) is 5.24. The van der Waals surface area contributed by atoms with E-state index in [1.807, 2.05) is 12.1 Å². The van der Waals surface area contributed by atoms with E-state index >= 15 is 0 Å². The quantitative estimate of drug-likeness (QED) is 0.716. The summed E-state index contributed by atoms with van der Waals surface area (Å²) < 4.78 is 5.68. The summed E-state index contributed by atoms with van der Waals surface area (Å²) in [4.78, 5) is 0. The van der Waals surface area contributed by atoms with Crippen LogP contribution in [0.3, 0.4) is 0 Å². The SMILES string of the molecule is CC(C)(C)c1cccc(OCCCCC#N)c1. The van der Waals surface area contributed by atoms with Crippen molar-refractivity contribution in [3.05, 3.63) is 29.8 Å². The molecule has 0 unspecified atom stereocenters. The van der Waals surface area contributed by atoms with Gasteiger partial charge in [-0.3, -0.25) is 0 Å². The molecule has 0 aliphatic heterocycles. The fourth-order valence-corrected chi connectivity index (χ4v) is 1.55. The van der Waals surface area contributed by atoms with Crippen molar-refractivity contribution in [1.82, 2.24) is 0 Å². The Bertz CT molecular complexity index is 385. The maximum absolute atomic E-state index is 8.42. The second-order valence-electron chi connectivity index (χ2n) is 5.24. The van der Waals surface area contributed by atoms with Gasteiger partial charge in [0.25, 0.3) is 0 Å². The van der Waals surface area contributed by atoms with Gasteiger partial charge in [-0.25, -0.2) is 0 Å². The molecule has 0 atom stereocenters. The van der Waals surface area contributed by atoms with Crippen LogP contribution in [-0.2, 0) is 5.41 Å². The van der Waals surface area contributed by atoms with E-state index in [9.17, 15) is 0 Å². The van der Waals surface area contributed by atoms with Crippen LogP contribution >= 0.6 is 0 Å². The number of benzene rings is 1. The van der Waals surface area contributed by atoms with E-state index in [0.29, 0.717) is 13.0 Å².